The van der Waals surface area contributed by atoms with Gasteiger partial charge in [0, 0.05) is 56.5 Å². The van der Waals surface area contributed by atoms with Gasteiger partial charge in [0.25, 0.3) is 0 Å². The average molecular weight is 366 g/mol. The molecule has 1 aliphatic rings. The van der Waals surface area contributed by atoms with E-state index < -0.39 is 0 Å². The van der Waals surface area contributed by atoms with E-state index >= 15 is 0 Å². The van der Waals surface area contributed by atoms with Crippen LogP contribution < -0.4 is 10.6 Å². The zero-order valence-corrected chi connectivity index (χ0v) is 15.8. The maximum atomic E-state index is 11.8. The minimum atomic E-state index is -0.0736. The van der Waals surface area contributed by atoms with Crippen LogP contribution in [-0.4, -0.2) is 53.8 Å². The molecule has 1 fully saturated rings. The zero-order chi connectivity index (χ0) is 18.1. The Morgan fingerprint density at radius 3 is 2.68 bits per heavy atom. The number of hydrogen-bond donors (Lipinski definition) is 2. The molecule has 0 saturated carbocycles. The summed E-state index contributed by atoms with van der Waals surface area (Å²) in [5.41, 5.74) is 0. The topological polar surface area (TPSA) is 86.7 Å². The molecule has 0 radical (unpaired) electrons. The third-order valence-corrected chi connectivity index (χ3v) is 5.10. The minimum Gasteiger partial charge on any atom is -0.357 e. The van der Waals surface area contributed by atoms with Crippen LogP contribution in [0.25, 0.3) is 0 Å². The zero-order valence-electron chi connectivity index (χ0n) is 15.0. The molecule has 1 aromatic heterocycles. The van der Waals surface area contributed by atoms with E-state index in [0.717, 1.165) is 24.4 Å². The standard InChI is InChI=1S/C17H27N5O2S/c1-3-13-12-21-14(25-13)8-9-19-17(18-4-2)20-10-11-22-15(23)6-5-7-16(22)24/h12H,3-11H2,1-2H3,(H2,18,19,20). The normalized spacial score (nSPS) is 15.6. The second-order valence-electron chi connectivity index (χ2n) is 5.80. The summed E-state index contributed by atoms with van der Waals surface area (Å²) in [6.45, 7) is 6.41. The van der Waals surface area contributed by atoms with Gasteiger partial charge >= 0.3 is 0 Å². The van der Waals surface area contributed by atoms with Crippen LogP contribution in [0, 0.1) is 0 Å². The van der Waals surface area contributed by atoms with Crippen LogP contribution in [0.3, 0.4) is 0 Å². The maximum absolute atomic E-state index is 11.8. The molecule has 8 heteroatoms. The van der Waals surface area contributed by atoms with Gasteiger partial charge in [0.15, 0.2) is 5.96 Å². The monoisotopic (exact) mass is 365 g/mol. The number of nitrogens with zero attached hydrogens (tertiary/aromatic N) is 3. The van der Waals surface area contributed by atoms with Crippen LogP contribution in [-0.2, 0) is 22.4 Å². The summed E-state index contributed by atoms with van der Waals surface area (Å²) in [6, 6.07) is 0. The number of guanidine groups is 1. The Hall–Kier alpha value is -1.96. The molecule has 0 bridgehead atoms. The predicted molar refractivity (Wildman–Crippen MR) is 99.7 cm³/mol. The van der Waals surface area contributed by atoms with Crippen molar-refractivity contribution >= 4 is 29.1 Å². The fraction of sp³-hybridized carbons (Fsp3) is 0.647. The van der Waals surface area contributed by atoms with E-state index in [1.54, 1.807) is 11.3 Å². The van der Waals surface area contributed by atoms with Crippen LogP contribution in [0.2, 0.25) is 0 Å². The molecule has 2 heterocycles. The first kappa shape index (κ1) is 19.4. The first-order chi connectivity index (χ1) is 12.1. The first-order valence-corrected chi connectivity index (χ1v) is 9.74. The van der Waals surface area contributed by atoms with Crippen molar-refractivity contribution in [2.75, 3.05) is 26.2 Å². The molecule has 1 saturated heterocycles. The number of aliphatic imine (C=N–C) groups is 1. The van der Waals surface area contributed by atoms with Crippen LogP contribution >= 0.6 is 11.3 Å². The fourth-order valence-corrected chi connectivity index (χ4v) is 3.42. The van der Waals surface area contributed by atoms with Crippen molar-refractivity contribution in [3.8, 4) is 0 Å². The number of aromatic nitrogens is 1. The number of hydrogen-bond acceptors (Lipinski definition) is 5. The second kappa shape index (κ2) is 10.1. The molecule has 1 aliphatic heterocycles. The molecule has 2 amide bonds. The van der Waals surface area contributed by atoms with Gasteiger partial charge in [-0.2, -0.15) is 0 Å². The van der Waals surface area contributed by atoms with Crippen molar-refractivity contribution in [1.29, 1.82) is 0 Å². The molecule has 0 spiro atoms. The summed E-state index contributed by atoms with van der Waals surface area (Å²) in [5, 5.41) is 7.46. The Kier molecular flexibility index (Phi) is 7.84. The quantitative estimate of drug-likeness (QED) is 0.412. The molecule has 0 atom stereocenters. The van der Waals surface area contributed by atoms with Gasteiger partial charge in [-0.15, -0.1) is 11.3 Å². The molecule has 0 unspecified atom stereocenters. The van der Waals surface area contributed by atoms with Gasteiger partial charge in [-0.1, -0.05) is 6.92 Å². The van der Waals surface area contributed by atoms with Crippen molar-refractivity contribution in [3.05, 3.63) is 16.1 Å². The number of carbonyl (C=O) groups excluding carboxylic acids is 2. The van der Waals surface area contributed by atoms with E-state index in [9.17, 15) is 9.59 Å². The van der Waals surface area contributed by atoms with Crippen molar-refractivity contribution < 1.29 is 9.59 Å². The summed E-state index contributed by atoms with van der Waals surface area (Å²) in [5.74, 6) is 0.553. The highest BCUT2D eigenvalue weighted by atomic mass is 32.1. The highest BCUT2D eigenvalue weighted by Gasteiger charge is 2.25. The Labute approximate surface area is 152 Å². The Balaban J connectivity index is 1.78. The third kappa shape index (κ3) is 6.12. The van der Waals surface area contributed by atoms with Crippen LogP contribution in [0.5, 0.6) is 0 Å². The summed E-state index contributed by atoms with van der Waals surface area (Å²) in [6.07, 6.45) is 5.35. The van der Waals surface area contributed by atoms with Crippen molar-refractivity contribution in [2.45, 2.75) is 46.0 Å². The third-order valence-electron chi connectivity index (χ3n) is 3.90. The van der Waals surface area contributed by atoms with Gasteiger partial charge in [0.05, 0.1) is 5.01 Å². The summed E-state index contributed by atoms with van der Waals surface area (Å²) in [7, 11) is 0. The number of likely N-dealkylation sites (tertiary alicyclic amines) is 1. The number of thiazole rings is 1. The van der Waals surface area contributed by atoms with Crippen LogP contribution in [0.15, 0.2) is 11.2 Å². The van der Waals surface area contributed by atoms with Gasteiger partial charge in [0.1, 0.15) is 0 Å². The van der Waals surface area contributed by atoms with Crippen LogP contribution in [0.1, 0.15) is 43.0 Å². The lowest BCUT2D eigenvalue weighted by Crippen LogP contribution is -2.46. The number of piperidine rings is 1. The molecule has 7 nitrogen and oxygen atoms in total. The first-order valence-electron chi connectivity index (χ1n) is 8.93. The minimum absolute atomic E-state index is 0.0736. The Morgan fingerprint density at radius 2 is 2.04 bits per heavy atom. The SMILES string of the molecule is CCNC(=NCCc1ncc(CC)s1)NCCN1C(=O)CCCC1=O. The highest BCUT2D eigenvalue weighted by Crippen LogP contribution is 2.13. The number of nitrogens with one attached hydrogen (secondary N) is 2. The number of carbonyl (C=O) groups is 2. The average Bonchev–Trinajstić information content (AvgIpc) is 3.05. The molecule has 25 heavy (non-hydrogen) atoms. The maximum Gasteiger partial charge on any atom is 0.229 e. The van der Waals surface area contributed by atoms with E-state index in [-0.39, 0.29) is 11.8 Å². The highest BCUT2D eigenvalue weighted by molar-refractivity contribution is 7.11. The smallest absolute Gasteiger partial charge is 0.229 e. The molecule has 1 aromatic rings. The van der Waals surface area contributed by atoms with Gasteiger partial charge in [-0.25, -0.2) is 4.98 Å². The lowest BCUT2D eigenvalue weighted by molar-refractivity contribution is -0.147. The van der Waals surface area contributed by atoms with Gasteiger partial charge in [-0.3, -0.25) is 19.5 Å². The van der Waals surface area contributed by atoms with E-state index in [1.807, 2.05) is 13.1 Å². The van der Waals surface area contributed by atoms with E-state index in [2.05, 4.69) is 27.5 Å². The van der Waals surface area contributed by atoms with Gasteiger partial charge < -0.3 is 10.6 Å². The number of imide groups is 1. The van der Waals surface area contributed by atoms with Gasteiger partial charge in [0.2, 0.25) is 11.8 Å². The van der Waals surface area contributed by atoms with Crippen molar-refractivity contribution in [3.63, 3.8) is 0 Å². The fourth-order valence-electron chi connectivity index (χ4n) is 2.57. The number of rotatable bonds is 8. The summed E-state index contributed by atoms with van der Waals surface area (Å²) >= 11 is 1.73. The summed E-state index contributed by atoms with van der Waals surface area (Å²) < 4.78 is 0. The van der Waals surface area contributed by atoms with Crippen molar-refractivity contribution in [1.82, 2.24) is 20.5 Å². The Morgan fingerprint density at radius 1 is 1.28 bits per heavy atom. The Bertz CT molecular complexity index is 598. The molecule has 0 aromatic carbocycles. The lowest BCUT2D eigenvalue weighted by Gasteiger charge is -2.25. The molecule has 2 rings (SSSR count). The van der Waals surface area contributed by atoms with Gasteiger partial charge in [-0.05, 0) is 19.8 Å². The van der Waals surface area contributed by atoms with Crippen molar-refractivity contribution in [2.24, 2.45) is 4.99 Å². The lowest BCUT2D eigenvalue weighted by atomic mass is 10.1. The number of aryl methyl sites for hydroxylation is 1. The number of amides is 2. The second-order valence-corrected chi connectivity index (χ2v) is 7.00. The van der Waals surface area contributed by atoms with E-state index in [4.69, 9.17) is 0 Å². The molecular weight excluding hydrogens is 338 g/mol. The van der Waals surface area contributed by atoms with E-state index in [1.165, 1.54) is 9.78 Å². The predicted octanol–water partition coefficient (Wildman–Crippen LogP) is 1.34. The van der Waals surface area contributed by atoms with Crippen LogP contribution in [0.4, 0.5) is 0 Å². The molecule has 0 aliphatic carbocycles. The van der Waals surface area contributed by atoms with E-state index in [0.29, 0.717) is 44.9 Å². The molecule has 2 N–H and O–H groups in total. The molecular formula is C17H27N5O2S. The molecule has 138 valence electrons. The largest absolute Gasteiger partial charge is 0.357 e. The summed E-state index contributed by atoms with van der Waals surface area (Å²) in [4.78, 5) is 35.1.